The predicted octanol–water partition coefficient (Wildman–Crippen LogP) is 0.205. The molecule has 0 amide bonds. The van der Waals surface area contributed by atoms with Gasteiger partial charge in [-0.1, -0.05) is 0 Å². The van der Waals surface area contributed by atoms with Crippen LogP contribution in [0.1, 0.15) is 6.92 Å². The van der Waals surface area contributed by atoms with E-state index in [9.17, 15) is 8.78 Å². The van der Waals surface area contributed by atoms with Gasteiger partial charge in [-0.3, -0.25) is 4.99 Å². The summed E-state index contributed by atoms with van der Waals surface area (Å²) in [6.45, 7) is 3.02. The zero-order chi connectivity index (χ0) is 10.4. The molecule has 82 valence electrons. The fourth-order valence-electron chi connectivity index (χ4n) is 1.07. The SMILES string of the molecule is CC1CN=C(NCCOCC(F)F)N1. The number of nitrogens with one attached hydrogen (secondary N) is 2. The summed E-state index contributed by atoms with van der Waals surface area (Å²) in [7, 11) is 0. The van der Waals surface area contributed by atoms with Gasteiger partial charge >= 0.3 is 0 Å². The lowest BCUT2D eigenvalue weighted by Crippen LogP contribution is -2.39. The largest absolute Gasteiger partial charge is 0.374 e. The maximum atomic E-state index is 11.6. The number of ether oxygens (including phenoxy) is 1. The van der Waals surface area contributed by atoms with E-state index in [1.807, 2.05) is 6.92 Å². The Bertz CT molecular complexity index is 199. The van der Waals surface area contributed by atoms with Crippen molar-refractivity contribution < 1.29 is 13.5 Å². The molecule has 0 aromatic carbocycles. The Balaban J connectivity index is 1.94. The molecule has 1 aliphatic rings. The molecule has 0 saturated heterocycles. The molecular weight excluding hydrogens is 192 g/mol. The van der Waals surface area contributed by atoms with Gasteiger partial charge in [-0.2, -0.15) is 0 Å². The van der Waals surface area contributed by atoms with Crippen LogP contribution >= 0.6 is 0 Å². The van der Waals surface area contributed by atoms with Crippen molar-refractivity contribution in [3.8, 4) is 0 Å². The Hall–Kier alpha value is -0.910. The number of rotatable bonds is 5. The lowest BCUT2D eigenvalue weighted by Gasteiger charge is -2.08. The van der Waals surface area contributed by atoms with E-state index in [1.165, 1.54) is 0 Å². The van der Waals surface area contributed by atoms with E-state index < -0.39 is 13.0 Å². The maximum absolute atomic E-state index is 11.6. The second-order valence-corrected chi connectivity index (χ2v) is 3.13. The quantitative estimate of drug-likeness (QED) is 0.633. The number of guanidine groups is 1. The Labute approximate surface area is 81.7 Å². The molecule has 4 nitrogen and oxygen atoms in total. The monoisotopic (exact) mass is 207 g/mol. The molecule has 14 heavy (non-hydrogen) atoms. The zero-order valence-corrected chi connectivity index (χ0v) is 8.09. The van der Waals surface area contributed by atoms with E-state index in [1.54, 1.807) is 0 Å². The molecule has 0 fully saturated rings. The van der Waals surface area contributed by atoms with Crippen molar-refractivity contribution in [2.24, 2.45) is 4.99 Å². The highest BCUT2D eigenvalue weighted by molar-refractivity contribution is 5.81. The highest BCUT2D eigenvalue weighted by Crippen LogP contribution is 1.93. The molecule has 6 heteroatoms. The number of nitrogens with zero attached hydrogens (tertiary/aromatic N) is 1. The summed E-state index contributed by atoms with van der Waals surface area (Å²) < 4.78 is 28.0. The highest BCUT2D eigenvalue weighted by Gasteiger charge is 2.11. The molecule has 0 bridgehead atoms. The minimum Gasteiger partial charge on any atom is -0.374 e. The molecule has 0 aromatic rings. The molecule has 1 unspecified atom stereocenters. The van der Waals surface area contributed by atoms with Crippen molar-refractivity contribution >= 4 is 5.96 Å². The van der Waals surface area contributed by atoms with Gasteiger partial charge in [0, 0.05) is 12.6 Å². The summed E-state index contributed by atoms with van der Waals surface area (Å²) in [6.07, 6.45) is -2.39. The Morgan fingerprint density at radius 1 is 1.71 bits per heavy atom. The van der Waals surface area contributed by atoms with Gasteiger partial charge in [-0.15, -0.1) is 0 Å². The number of aliphatic imine (C=N–C) groups is 1. The van der Waals surface area contributed by atoms with Crippen molar-refractivity contribution in [2.75, 3.05) is 26.3 Å². The van der Waals surface area contributed by atoms with Crippen molar-refractivity contribution in [1.29, 1.82) is 0 Å². The van der Waals surface area contributed by atoms with Crippen LogP contribution in [0.3, 0.4) is 0 Å². The van der Waals surface area contributed by atoms with Gasteiger partial charge in [-0.05, 0) is 6.92 Å². The molecule has 1 heterocycles. The van der Waals surface area contributed by atoms with Crippen LogP contribution in [-0.2, 0) is 4.74 Å². The van der Waals surface area contributed by atoms with Gasteiger partial charge in [0.25, 0.3) is 6.43 Å². The number of alkyl halides is 2. The first-order chi connectivity index (χ1) is 6.68. The molecule has 0 spiro atoms. The third-order valence-electron chi connectivity index (χ3n) is 1.69. The Morgan fingerprint density at radius 3 is 3.07 bits per heavy atom. The van der Waals surface area contributed by atoms with Crippen LogP contribution in [-0.4, -0.2) is 44.7 Å². The van der Waals surface area contributed by atoms with Gasteiger partial charge in [-0.25, -0.2) is 8.78 Å². The molecule has 1 rings (SSSR count). The van der Waals surface area contributed by atoms with E-state index in [0.29, 0.717) is 12.6 Å². The summed E-state index contributed by atoms with van der Waals surface area (Å²) in [5, 5.41) is 6.04. The summed E-state index contributed by atoms with van der Waals surface area (Å²) >= 11 is 0. The zero-order valence-electron chi connectivity index (χ0n) is 8.09. The molecule has 0 saturated carbocycles. The van der Waals surface area contributed by atoms with Crippen LogP contribution in [0.2, 0.25) is 0 Å². The minimum atomic E-state index is -2.39. The molecular formula is C8H15F2N3O. The summed E-state index contributed by atoms with van der Waals surface area (Å²) in [6, 6.07) is 0.347. The van der Waals surface area contributed by atoms with Crippen LogP contribution in [0.15, 0.2) is 4.99 Å². The summed E-state index contributed by atoms with van der Waals surface area (Å²) in [5.74, 6) is 0.721. The molecule has 1 aliphatic heterocycles. The third kappa shape index (κ3) is 4.36. The van der Waals surface area contributed by atoms with Crippen molar-refractivity contribution in [2.45, 2.75) is 19.4 Å². The first-order valence-corrected chi connectivity index (χ1v) is 4.59. The minimum absolute atomic E-state index is 0.263. The third-order valence-corrected chi connectivity index (χ3v) is 1.69. The van der Waals surface area contributed by atoms with E-state index >= 15 is 0 Å². The fraction of sp³-hybridized carbons (Fsp3) is 0.875. The molecule has 0 radical (unpaired) electrons. The van der Waals surface area contributed by atoms with Crippen LogP contribution in [0.25, 0.3) is 0 Å². The van der Waals surface area contributed by atoms with E-state index in [0.717, 1.165) is 12.5 Å². The van der Waals surface area contributed by atoms with E-state index in [2.05, 4.69) is 20.4 Å². The first kappa shape index (κ1) is 11.2. The Morgan fingerprint density at radius 2 is 2.50 bits per heavy atom. The number of halogens is 2. The predicted molar refractivity (Wildman–Crippen MR) is 49.7 cm³/mol. The lowest BCUT2D eigenvalue weighted by atomic mass is 10.4. The number of hydrogen-bond acceptors (Lipinski definition) is 4. The smallest absolute Gasteiger partial charge is 0.261 e. The standard InChI is InChI=1S/C8H15F2N3O/c1-6-4-12-8(13-6)11-2-3-14-5-7(9)10/h6-7H,2-5H2,1H3,(H2,11,12,13). The van der Waals surface area contributed by atoms with Crippen molar-refractivity contribution in [3.63, 3.8) is 0 Å². The number of hydrogen-bond donors (Lipinski definition) is 2. The first-order valence-electron chi connectivity index (χ1n) is 4.59. The van der Waals surface area contributed by atoms with Gasteiger partial charge in [0.2, 0.25) is 0 Å². The van der Waals surface area contributed by atoms with Gasteiger partial charge < -0.3 is 15.4 Å². The normalized spacial score (nSPS) is 20.9. The molecule has 2 N–H and O–H groups in total. The Kier molecular flexibility index (Phi) is 4.58. The second-order valence-electron chi connectivity index (χ2n) is 3.13. The average Bonchev–Trinajstić information content (AvgIpc) is 2.50. The van der Waals surface area contributed by atoms with Crippen molar-refractivity contribution in [1.82, 2.24) is 10.6 Å². The van der Waals surface area contributed by atoms with Crippen LogP contribution in [0, 0.1) is 0 Å². The average molecular weight is 207 g/mol. The van der Waals surface area contributed by atoms with E-state index in [4.69, 9.17) is 0 Å². The van der Waals surface area contributed by atoms with Crippen LogP contribution in [0.4, 0.5) is 8.78 Å². The van der Waals surface area contributed by atoms with Gasteiger partial charge in [0.1, 0.15) is 6.61 Å². The molecule has 1 atom stereocenters. The molecule has 0 aromatic heterocycles. The maximum Gasteiger partial charge on any atom is 0.261 e. The molecule has 0 aliphatic carbocycles. The highest BCUT2D eigenvalue weighted by atomic mass is 19.3. The summed E-state index contributed by atoms with van der Waals surface area (Å²) in [4.78, 5) is 4.14. The van der Waals surface area contributed by atoms with Gasteiger partial charge in [0.05, 0.1) is 13.2 Å². The van der Waals surface area contributed by atoms with Crippen molar-refractivity contribution in [3.05, 3.63) is 0 Å². The van der Waals surface area contributed by atoms with Gasteiger partial charge in [0.15, 0.2) is 5.96 Å². The fourth-order valence-corrected chi connectivity index (χ4v) is 1.07. The summed E-state index contributed by atoms with van der Waals surface area (Å²) in [5.41, 5.74) is 0. The van der Waals surface area contributed by atoms with E-state index in [-0.39, 0.29) is 6.61 Å². The second kappa shape index (κ2) is 5.74. The lowest BCUT2D eigenvalue weighted by molar-refractivity contribution is 0.0197. The van der Waals surface area contributed by atoms with Crippen LogP contribution in [0.5, 0.6) is 0 Å². The topological polar surface area (TPSA) is 45.7 Å². The van der Waals surface area contributed by atoms with Crippen LogP contribution < -0.4 is 10.6 Å².